The number of benzene rings is 3. The summed E-state index contributed by atoms with van der Waals surface area (Å²) in [5.74, 6) is 0. The molecule has 115 valence electrons. The number of aryl methyl sites for hydroxylation is 1. The van der Waals surface area contributed by atoms with Crippen molar-refractivity contribution in [1.29, 1.82) is 0 Å². The molecule has 4 aromatic rings. The molecule has 2 heteroatoms. The van der Waals surface area contributed by atoms with E-state index in [0.29, 0.717) is 0 Å². The number of hydrogen-bond donors (Lipinski definition) is 0. The highest BCUT2D eigenvalue weighted by atomic mass is 28.3. The summed E-state index contributed by atoms with van der Waals surface area (Å²) in [6, 6.07) is 32.7. The molecule has 0 saturated heterocycles. The van der Waals surface area contributed by atoms with Crippen molar-refractivity contribution in [1.82, 2.24) is 4.98 Å². The van der Waals surface area contributed by atoms with Crippen LogP contribution >= 0.6 is 0 Å². The number of fused-ring (bicyclic) bond motifs is 1. The highest BCUT2D eigenvalue weighted by molar-refractivity contribution is 6.95. The van der Waals surface area contributed by atoms with Crippen LogP contribution in [0.15, 0.2) is 91.0 Å². The quantitative estimate of drug-likeness (QED) is 0.417. The van der Waals surface area contributed by atoms with E-state index in [-0.39, 0.29) is 0 Å². The predicted molar refractivity (Wildman–Crippen MR) is 104 cm³/mol. The highest BCUT2D eigenvalue weighted by Crippen LogP contribution is 2.11. The van der Waals surface area contributed by atoms with E-state index in [2.05, 4.69) is 96.0 Å². The van der Waals surface area contributed by atoms with Gasteiger partial charge in [-0.2, -0.15) is 0 Å². The molecule has 0 amide bonds. The maximum Gasteiger partial charge on any atom is 0.154 e. The highest BCUT2D eigenvalue weighted by Gasteiger charge is 2.19. The van der Waals surface area contributed by atoms with Crippen LogP contribution in [0.5, 0.6) is 0 Å². The summed E-state index contributed by atoms with van der Waals surface area (Å²) in [6.07, 6.45) is 0. The molecule has 0 N–H and O–H groups in total. The van der Waals surface area contributed by atoms with Crippen LogP contribution in [0.3, 0.4) is 0 Å². The second-order valence-electron chi connectivity index (χ2n) is 5.97. The van der Waals surface area contributed by atoms with Crippen molar-refractivity contribution in [2.24, 2.45) is 0 Å². The normalized spacial score (nSPS) is 11.1. The van der Waals surface area contributed by atoms with Gasteiger partial charge in [-0.05, 0) is 24.2 Å². The molecule has 0 bridgehead atoms. The zero-order valence-electron chi connectivity index (χ0n) is 13.6. The Balaban J connectivity index is 1.89. The molecule has 1 radical (unpaired) electrons. The molecule has 4 rings (SSSR count). The van der Waals surface area contributed by atoms with Gasteiger partial charge < -0.3 is 0 Å². The average molecular weight is 324 g/mol. The fourth-order valence-electron chi connectivity index (χ4n) is 3.09. The van der Waals surface area contributed by atoms with E-state index in [9.17, 15) is 0 Å². The van der Waals surface area contributed by atoms with Gasteiger partial charge in [-0.15, -0.1) is 0 Å². The first-order valence-corrected chi connectivity index (χ1v) is 9.67. The largest absolute Gasteiger partial charge is 0.253 e. The zero-order valence-corrected chi connectivity index (χ0v) is 14.6. The predicted octanol–water partition coefficient (Wildman–Crippen LogP) is 3.06. The van der Waals surface area contributed by atoms with E-state index in [4.69, 9.17) is 0 Å². The van der Waals surface area contributed by atoms with Crippen molar-refractivity contribution < 1.29 is 0 Å². The molecule has 0 atom stereocenters. The van der Waals surface area contributed by atoms with Crippen LogP contribution in [-0.4, -0.2) is 13.8 Å². The molecule has 1 heterocycles. The lowest BCUT2D eigenvalue weighted by Gasteiger charge is -2.17. The van der Waals surface area contributed by atoms with E-state index in [1.807, 2.05) is 6.92 Å². The van der Waals surface area contributed by atoms with Gasteiger partial charge >= 0.3 is 0 Å². The molecule has 1 nitrogen and oxygen atoms in total. The Bertz CT molecular complexity index is 925. The maximum atomic E-state index is 4.63. The Morgan fingerprint density at radius 2 is 1.25 bits per heavy atom. The van der Waals surface area contributed by atoms with E-state index < -0.39 is 8.80 Å². The third-order valence-corrected chi connectivity index (χ3v) is 6.95. The van der Waals surface area contributed by atoms with E-state index in [0.717, 1.165) is 11.2 Å². The average Bonchev–Trinajstić information content (AvgIpc) is 2.64. The minimum atomic E-state index is -1.01. The van der Waals surface area contributed by atoms with Crippen LogP contribution in [0.1, 0.15) is 5.69 Å². The number of nitrogens with zero attached hydrogens (tertiary/aromatic N) is 1. The lowest BCUT2D eigenvalue weighted by atomic mass is 10.2. The Hall–Kier alpha value is -2.71. The van der Waals surface area contributed by atoms with Gasteiger partial charge in [-0.25, -0.2) is 0 Å². The van der Waals surface area contributed by atoms with Gasteiger partial charge in [0.2, 0.25) is 0 Å². The van der Waals surface area contributed by atoms with Gasteiger partial charge in [0.25, 0.3) is 0 Å². The number of pyridine rings is 1. The van der Waals surface area contributed by atoms with Crippen LogP contribution in [0.2, 0.25) is 0 Å². The minimum Gasteiger partial charge on any atom is -0.253 e. The van der Waals surface area contributed by atoms with E-state index in [1.54, 1.807) is 0 Å². The molecule has 0 spiro atoms. The molecule has 0 fully saturated rings. The van der Waals surface area contributed by atoms with Crippen LogP contribution in [0.25, 0.3) is 10.9 Å². The van der Waals surface area contributed by atoms with Gasteiger partial charge in [0.05, 0.1) is 5.52 Å². The Labute approximate surface area is 144 Å². The van der Waals surface area contributed by atoms with Crippen molar-refractivity contribution in [2.45, 2.75) is 6.92 Å². The third-order valence-electron chi connectivity index (χ3n) is 4.24. The monoisotopic (exact) mass is 324 g/mol. The summed E-state index contributed by atoms with van der Waals surface area (Å²) in [5, 5.41) is 5.43. The van der Waals surface area contributed by atoms with Gasteiger partial charge in [0.15, 0.2) is 8.80 Å². The fraction of sp³-hybridized carbons (Fsp3) is 0.0455. The molecule has 24 heavy (non-hydrogen) atoms. The van der Waals surface area contributed by atoms with E-state index >= 15 is 0 Å². The lowest BCUT2D eigenvalue weighted by molar-refractivity contribution is 1.26. The fourth-order valence-corrected chi connectivity index (χ4v) is 5.69. The third kappa shape index (κ3) is 2.88. The van der Waals surface area contributed by atoms with Crippen LogP contribution in [0.4, 0.5) is 0 Å². The topological polar surface area (TPSA) is 12.9 Å². The van der Waals surface area contributed by atoms with Crippen molar-refractivity contribution >= 4 is 35.3 Å². The Kier molecular flexibility index (Phi) is 3.97. The van der Waals surface area contributed by atoms with Crippen LogP contribution < -0.4 is 15.6 Å². The van der Waals surface area contributed by atoms with Crippen molar-refractivity contribution in [3.05, 3.63) is 96.7 Å². The molecule has 0 saturated carbocycles. The first kappa shape index (κ1) is 14.9. The Morgan fingerprint density at radius 3 is 1.88 bits per heavy atom. The van der Waals surface area contributed by atoms with Gasteiger partial charge in [0.1, 0.15) is 0 Å². The number of hydrogen-bond acceptors (Lipinski definition) is 1. The standard InChI is InChI=1S/C22H18NSi/c1-17-12-13-18-16-21(14-15-22(18)23-17)24(19-8-4-2-5-9-19)20-10-6-3-7-11-20/h2-16H,1H3. The van der Waals surface area contributed by atoms with Gasteiger partial charge in [-0.3, -0.25) is 4.98 Å². The molecule has 0 aliphatic carbocycles. The first-order chi connectivity index (χ1) is 11.8. The second kappa shape index (κ2) is 6.42. The number of aromatic nitrogens is 1. The smallest absolute Gasteiger partial charge is 0.154 e. The summed E-state index contributed by atoms with van der Waals surface area (Å²) in [4.78, 5) is 4.63. The van der Waals surface area contributed by atoms with Gasteiger partial charge in [-0.1, -0.05) is 89.2 Å². The first-order valence-electron chi connectivity index (χ1n) is 8.17. The second-order valence-corrected chi connectivity index (χ2v) is 8.45. The van der Waals surface area contributed by atoms with E-state index in [1.165, 1.54) is 20.9 Å². The molecule has 1 aromatic heterocycles. The summed E-state index contributed by atoms with van der Waals surface area (Å²) in [6.45, 7) is 2.04. The van der Waals surface area contributed by atoms with Gasteiger partial charge in [0, 0.05) is 11.1 Å². The van der Waals surface area contributed by atoms with Crippen LogP contribution in [0, 0.1) is 6.92 Å². The van der Waals surface area contributed by atoms with Crippen LogP contribution in [-0.2, 0) is 0 Å². The zero-order chi connectivity index (χ0) is 16.4. The molecular weight excluding hydrogens is 306 g/mol. The minimum absolute atomic E-state index is 1.01. The summed E-state index contributed by atoms with van der Waals surface area (Å²) < 4.78 is 0. The SMILES string of the molecule is Cc1ccc2cc([Si](c3ccccc3)c3ccccc3)ccc2n1. The van der Waals surface area contributed by atoms with Crippen molar-refractivity contribution in [3.8, 4) is 0 Å². The molecule has 3 aromatic carbocycles. The molecule has 0 aliphatic rings. The molecule has 0 aliphatic heterocycles. The maximum absolute atomic E-state index is 4.63. The lowest BCUT2D eigenvalue weighted by Crippen LogP contribution is -2.51. The summed E-state index contributed by atoms with van der Waals surface area (Å²) in [5.41, 5.74) is 2.13. The number of rotatable bonds is 3. The Morgan fingerprint density at radius 1 is 0.625 bits per heavy atom. The van der Waals surface area contributed by atoms with Crippen molar-refractivity contribution in [2.75, 3.05) is 0 Å². The van der Waals surface area contributed by atoms with Crippen molar-refractivity contribution in [3.63, 3.8) is 0 Å². The summed E-state index contributed by atoms with van der Waals surface area (Å²) in [7, 11) is -1.01. The summed E-state index contributed by atoms with van der Waals surface area (Å²) >= 11 is 0. The molecular formula is C22H18NSi. The molecule has 0 unspecified atom stereocenters.